The van der Waals surface area contributed by atoms with Crippen molar-refractivity contribution in [3.63, 3.8) is 0 Å². The van der Waals surface area contributed by atoms with E-state index >= 15 is 0 Å². The average Bonchev–Trinajstić information content (AvgIpc) is 3.66. The molecule has 0 saturated heterocycles. The molecule has 1 aromatic rings. The third-order valence-electron chi connectivity index (χ3n) is 8.70. The van der Waals surface area contributed by atoms with E-state index in [-0.39, 0.29) is 29.7 Å². The fourth-order valence-corrected chi connectivity index (χ4v) is 6.61. The number of phenols is 1. The number of hydrogen-bond acceptors (Lipinski definition) is 10. The highest BCUT2D eigenvalue weighted by molar-refractivity contribution is 6.24. The molecule has 0 radical (unpaired) electrons. The highest BCUT2D eigenvalue weighted by Crippen LogP contribution is 2.54. The van der Waals surface area contributed by atoms with Gasteiger partial charge in [-0.3, -0.25) is 19.3 Å². The van der Waals surface area contributed by atoms with Gasteiger partial charge in [0, 0.05) is 43.4 Å². The van der Waals surface area contributed by atoms with Gasteiger partial charge in [-0.05, 0) is 69.8 Å². The summed E-state index contributed by atoms with van der Waals surface area (Å²) in [5.74, 6) is -5.83. The van der Waals surface area contributed by atoms with Gasteiger partial charge in [0.05, 0.1) is 11.6 Å². The Morgan fingerprint density at radius 2 is 1.82 bits per heavy atom. The predicted molar refractivity (Wildman–Crippen MR) is 143 cm³/mol. The normalized spacial score (nSPS) is 28.4. The predicted octanol–water partition coefficient (Wildman–Crippen LogP) is 0.530. The Kier molecular flexibility index (Phi) is 6.52. The first kappa shape index (κ1) is 27.2. The van der Waals surface area contributed by atoms with Gasteiger partial charge in [0.1, 0.15) is 22.8 Å². The van der Waals surface area contributed by atoms with E-state index in [1.807, 2.05) is 25.1 Å². The molecule has 0 aromatic heterocycles. The number of phenolic OH excluding ortho intramolecular Hbond substituents is 1. The smallest absolute Gasteiger partial charge is 0.255 e. The molecule has 0 spiro atoms. The number of hydrogen-bond donors (Lipinski definition) is 6. The highest BCUT2D eigenvalue weighted by Gasteiger charge is 2.64. The zero-order valence-corrected chi connectivity index (χ0v) is 22.6. The van der Waals surface area contributed by atoms with Gasteiger partial charge in [-0.15, -0.1) is 0 Å². The van der Waals surface area contributed by atoms with Gasteiger partial charge in [-0.25, -0.2) is 0 Å². The number of nitrogens with two attached hydrogens (primary N) is 1. The number of aliphatic hydroxyl groups is 3. The van der Waals surface area contributed by atoms with Crippen LogP contribution in [-0.2, 0) is 27.3 Å². The van der Waals surface area contributed by atoms with Gasteiger partial charge in [0.2, 0.25) is 5.78 Å². The summed E-state index contributed by atoms with van der Waals surface area (Å²) in [6, 6.07) is 0.762. The lowest BCUT2D eigenvalue weighted by molar-refractivity contribution is -0.153. The first-order valence-corrected chi connectivity index (χ1v) is 13.2. The molecule has 0 bridgehead atoms. The SMILES string of the molecule is CN(C)c1cc(CNCC2CC2)c(O)c2c1C[C@H]1C[C@@H]3C(N(C)C)C(=O)C(C(N)=O)=C(O)[C@@]3(O)C(=O)C1=C2O. The number of aromatic hydroxyl groups is 1. The van der Waals surface area contributed by atoms with Crippen LogP contribution in [0.5, 0.6) is 5.75 Å². The van der Waals surface area contributed by atoms with Gasteiger partial charge < -0.3 is 36.4 Å². The van der Waals surface area contributed by atoms with Crippen LogP contribution in [0.1, 0.15) is 36.0 Å². The Bertz CT molecular complexity index is 1340. The van der Waals surface area contributed by atoms with E-state index in [2.05, 4.69) is 5.32 Å². The van der Waals surface area contributed by atoms with Crippen LogP contribution in [0.15, 0.2) is 23.0 Å². The molecular formula is C28H36N4O7. The van der Waals surface area contributed by atoms with E-state index in [1.165, 1.54) is 17.7 Å². The van der Waals surface area contributed by atoms with Crippen LogP contribution < -0.4 is 16.0 Å². The Hall–Kier alpha value is -3.41. The summed E-state index contributed by atoms with van der Waals surface area (Å²) < 4.78 is 0. The lowest BCUT2D eigenvalue weighted by Crippen LogP contribution is -2.65. The lowest BCUT2D eigenvalue weighted by Gasteiger charge is -2.50. The number of nitrogens with zero attached hydrogens (tertiary/aromatic N) is 2. The zero-order valence-electron chi connectivity index (χ0n) is 22.6. The topological polar surface area (TPSA) is 177 Å². The van der Waals surface area contributed by atoms with Crippen molar-refractivity contribution >= 4 is 28.9 Å². The number of Topliss-reactive ketones (excluding diaryl/α,β-unsaturated/α-hetero) is 2. The second-order valence-corrected chi connectivity index (χ2v) is 11.7. The zero-order chi connectivity index (χ0) is 28.5. The molecule has 11 nitrogen and oxygen atoms in total. The number of likely N-dealkylation sites (N-methyl/N-ethyl adjacent to an activating group) is 1. The molecule has 2 fully saturated rings. The molecule has 1 unspecified atom stereocenters. The Morgan fingerprint density at radius 1 is 1.15 bits per heavy atom. The second-order valence-electron chi connectivity index (χ2n) is 11.7. The minimum atomic E-state index is -2.64. The summed E-state index contributed by atoms with van der Waals surface area (Å²) in [6.45, 7) is 1.18. The molecule has 4 atom stereocenters. The van der Waals surface area contributed by atoms with Crippen LogP contribution in [0.3, 0.4) is 0 Å². The minimum absolute atomic E-state index is 0.0596. The van der Waals surface area contributed by atoms with Crippen LogP contribution in [0.4, 0.5) is 5.69 Å². The molecule has 1 aromatic carbocycles. The summed E-state index contributed by atoms with van der Waals surface area (Å²) >= 11 is 0. The number of rotatable bonds is 7. The van der Waals surface area contributed by atoms with Crippen LogP contribution in [0.2, 0.25) is 0 Å². The van der Waals surface area contributed by atoms with Crippen LogP contribution in [0.25, 0.3) is 5.76 Å². The largest absolute Gasteiger partial charge is 0.508 e. The maximum atomic E-state index is 14.0. The number of benzene rings is 1. The molecule has 4 aliphatic rings. The number of aliphatic hydroxyl groups excluding tert-OH is 2. The number of carbonyl (C=O) groups excluding carboxylic acids is 3. The quantitative estimate of drug-likeness (QED) is 0.267. The third-order valence-corrected chi connectivity index (χ3v) is 8.70. The molecular weight excluding hydrogens is 504 g/mol. The molecule has 39 heavy (non-hydrogen) atoms. The summed E-state index contributed by atoms with van der Waals surface area (Å²) in [4.78, 5) is 42.7. The second kappa shape index (κ2) is 9.35. The van der Waals surface area contributed by atoms with Crippen molar-refractivity contribution in [3.8, 4) is 5.75 Å². The summed E-state index contributed by atoms with van der Waals surface area (Å²) in [7, 11) is 6.86. The number of primary amides is 1. The number of amides is 1. The molecule has 0 heterocycles. The number of carbonyl (C=O) groups is 3. The highest BCUT2D eigenvalue weighted by atomic mass is 16.3. The molecule has 1 amide bonds. The first-order valence-electron chi connectivity index (χ1n) is 13.2. The fourth-order valence-electron chi connectivity index (χ4n) is 6.61. The maximum absolute atomic E-state index is 14.0. The van der Waals surface area contributed by atoms with Crippen molar-refractivity contribution in [2.24, 2.45) is 23.5 Å². The van der Waals surface area contributed by atoms with Gasteiger partial charge in [-0.2, -0.15) is 0 Å². The van der Waals surface area contributed by atoms with Crippen molar-refractivity contribution in [2.45, 2.75) is 43.9 Å². The average molecular weight is 541 g/mol. The maximum Gasteiger partial charge on any atom is 0.255 e. The molecule has 7 N–H and O–H groups in total. The number of nitrogens with one attached hydrogen (secondary N) is 1. The standard InChI is InChI=1S/C28H36N4O7/c1-31(2)17-9-14(11-30-10-12-5-6-12)22(33)19-15(17)7-13-8-16-21(32(3)4)24(35)20(27(29)38)26(37)28(16,39)25(36)18(13)23(19)34/h9,12-13,16,21,30,33-34,37,39H,5-8,10-11H2,1-4H3,(H2,29,38)/t13-,16+,21?,28-/m0/s1. The van der Waals surface area contributed by atoms with Gasteiger partial charge in [0.25, 0.3) is 5.91 Å². The molecule has 5 rings (SSSR count). The van der Waals surface area contributed by atoms with Crippen LogP contribution in [-0.4, -0.2) is 89.2 Å². The summed E-state index contributed by atoms with van der Waals surface area (Å²) in [6.07, 6.45) is 2.66. The van der Waals surface area contributed by atoms with Crippen LogP contribution in [0, 0.1) is 17.8 Å². The Morgan fingerprint density at radius 3 is 2.38 bits per heavy atom. The van der Waals surface area contributed by atoms with E-state index in [4.69, 9.17) is 5.73 Å². The van der Waals surface area contributed by atoms with Crippen molar-refractivity contribution in [1.82, 2.24) is 10.2 Å². The first-order chi connectivity index (χ1) is 18.3. The monoisotopic (exact) mass is 540 g/mol. The van der Waals surface area contributed by atoms with E-state index in [9.17, 15) is 34.8 Å². The Balaban J connectivity index is 1.67. The van der Waals surface area contributed by atoms with Crippen molar-refractivity contribution in [3.05, 3.63) is 39.7 Å². The van der Waals surface area contributed by atoms with Crippen molar-refractivity contribution in [1.29, 1.82) is 0 Å². The van der Waals surface area contributed by atoms with Gasteiger partial charge >= 0.3 is 0 Å². The van der Waals surface area contributed by atoms with Crippen molar-refractivity contribution in [2.75, 3.05) is 39.6 Å². The molecule has 210 valence electrons. The summed E-state index contributed by atoms with van der Waals surface area (Å²) in [5.41, 5.74) is 3.85. The third kappa shape index (κ3) is 4.02. The van der Waals surface area contributed by atoms with Crippen molar-refractivity contribution < 1.29 is 34.8 Å². The van der Waals surface area contributed by atoms with Crippen LogP contribution >= 0.6 is 0 Å². The Labute approximate surface area is 226 Å². The molecule has 2 saturated carbocycles. The summed E-state index contributed by atoms with van der Waals surface area (Å²) in [5, 5.41) is 48.9. The molecule has 11 heteroatoms. The molecule has 0 aliphatic heterocycles. The van der Waals surface area contributed by atoms with E-state index in [0.717, 1.165) is 12.2 Å². The number of anilines is 1. The lowest BCUT2D eigenvalue weighted by atomic mass is 9.57. The minimum Gasteiger partial charge on any atom is -0.508 e. The van der Waals surface area contributed by atoms with E-state index in [1.54, 1.807) is 14.1 Å². The number of ketones is 2. The van der Waals surface area contributed by atoms with E-state index < -0.39 is 58.0 Å². The van der Waals surface area contributed by atoms with E-state index in [0.29, 0.717) is 23.6 Å². The molecule has 4 aliphatic carbocycles. The fraction of sp³-hybridized carbons (Fsp3) is 0.536. The van der Waals surface area contributed by atoms with Gasteiger partial charge in [-0.1, -0.05) is 0 Å². The number of fused-ring (bicyclic) bond motifs is 3. The van der Waals surface area contributed by atoms with Gasteiger partial charge in [0.15, 0.2) is 11.4 Å².